The first kappa shape index (κ1) is 12.4. The zero-order valence-electron chi connectivity index (χ0n) is 9.24. The molecule has 0 bridgehead atoms. The topological polar surface area (TPSA) is 95.6 Å². The third-order valence-electron chi connectivity index (χ3n) is 2.78. The molecule has 1 saturated heterocycles. The van der Waals surface area contributed by atoms with Gasteiger partial charge in [-0.05, 0) is 12.1 Å². The van der Waals surface area contributed by atoms with Crippen LogP contribution in [0.3, 0.4) is 0 Å². The van der Waals surface area contributed by atoms with E-state index in [-0.39, 0.29) is 23.5 Å². The van der Waals surface area contributed by atoms with E-state index in [0.717, 1.165) is 0 Å². The van der Waals surface area contributed by atoms with Crippen molar-refractivity contribution in [3.05, 3.63) is 35.9 Å². The molecule has 94 valence electrons. The van der Waals surface area contributed by atoms with Crippen LogP contribution in [0.5, 0.6) is 0 Å². The van der Waals surface area contributed by atoms with E-state index in [1.807, 2.05) is 6.07 Å². The number of amides is 1. The van der Waals surface area contributed by atoms with Crippen molar-refractivity contribution in [2.75, 3.05) is 11.5 Å². The Labute approximate surface area is 101 Å². The fourth-order valence-corrected chi connectivity index (χ4v) is 3.78. The van der Waals surface area contributed by atoms with E-state index in [1.165, 1.54) is 0 Å². The molecule has 2 rings (SSSR count). The number of hydrogen-bond acceptors (Lipinski definition) is 4. The lowest BCUT2D eigenvalue weighted by Gasteiger charge is -2.25. The molecule has 0 aliphatic carbocycles. The molecule has 1 aliphatic rings. The average Bonchev–Trinajstić information content (AvgIpc) is 2.53. The zero-order valence-corrected chi connectivity index (χ0v) is 10.1. The summed E-state index contributed by atoms with van der Waals surface area (Å²) in [5.74, 6) is 0.0718. The molecule has 6 heteroatoms. The van der Waals surface area contributed by atoms with Gasteiger partial charge in [-0.25, -0.2) is 0 Å². The third-order valence-corrected chi connectivity index (χ3v) is 4.59. The van der Waals surface area contributed by atoms with Crippen molar-refractivity contribution in [3.63, 3.8) is 0 Å². The summed E-state index contributed by atoms with van der Waals surface area (Å²) in [6, 6.07) is 8.02. The predicted octanol–water partition coefficient (Wildman–Crippen LogP) is 0.876. The van der Waals surface area contributed by atoms with Gasteiger partial charge in [0, 0.05) is 11.6 Å². The van der Waals surface area contributed by atoms with E-state index < -0.39 is 16.6 Å². The van der Waals surface area contributed by atoms with Crippen molar-refractivity contribution in [3.8, 4) is 0 Å². The molecule has 1 aliphatic heterocycles. The minimum atomic E-state index is -2.61. The SMILES string of the molecule is N[C@H]1CS(O)(O)C[C@@H]1NC(=O)c1ccccc1. The smallest absolute Gasteiger partial charge is 0.251 e. The van der Waals surface area contributed by atoms with E-state index in [0.29, 0.717) is 5.56 Å². The van der Waals surface area contributed by atoms with E-state index in [1.54, 1.807) is 24.3 Å². The fourth-order valence-electron chi connectivity index (χ4n) is 1.89. The van der Waals surface area contributed by atoms with Crippen molar-refractivity contribution in [2.24, 2.45) is 5.73 Å². The molecule has 5 N–H and O–H groups in total. The Morgan fingerprint density at radius 2 is 1.94 bits per heavy atom. The van der Waals surface area contributed by atoms with Crippen LogP contribution in [0.1, 0.15) is 10.4 Å². The molecule has 17 heavy (non-hydrogen) atoms. The summed E-state index contributed by atoms with van der Waals surface area (Å²) >= 11 is 0. The Morgan fingerprint density at radius 3 is 2.47 bits per heavy atom. The Kier molecular flexibility index (Phi) is 3.39. The molecule has 0 unspecified atom stereocenters. The van der Waals surface area contributed by atoms with Gasteiger partial charge in [0.05, 0.1) is 17.5 Å². The highest BCUT2D eigenvalue weighted by Gasteiger charge is 2.36. The van der Waals surface area contributed by atoms with E-state index >= 15 is 0 Å². The minimum absolute atomic E-state index is 0.146. The Morgan fingerprint density at radius 1 is 1.29 bits per heavy atom. The van der Waals surface area contributed by atoms with Crippen LogP contribution in [0.15, 0.2) is 30.3 Å². The minimum Gasteiger partial charge on any atom is -0.346 e. The van der Waals surface area contributed by atoms with Crippen LogP contribution in [-0.2, 0) is 0 Å². The number of nitrogens with one attached hydrogen (secondary N) is 1. The van der Waals surface area contributed by atoms with Crippen molar-refractivity contribution in [1.82, 2.24) is 5.32 Å². The number of carbonyl (C=O) groups excluding carboxylic acids is 1. The van der Waals surface area contributed by atoms with Gasteiger partial charge < -0.3 is 11.1 Å². The van der Waals surface area contributed by atoms with Gasteiger partial charge in [-0.1, -0.05) is 18.2 Å². The van der Waals surface area contributed by atoms with Gasteiger partial charge in [-0.2, -0.15) is 10.6 Å². The Bertz CT molecular complexity index is 410. The van der Waals surface area contributed by atoms with Crippen LogP contribution in [0, 0.1) is 0 Å². The van der Waals surface area contributed by atoms with Crippen molar-refractivity contribution in [2.45, 2.75) is 12.1 Å². The summed E-state index contributed by atoms with van der Waals surface area (Å²) in [5, 5.41) is 2.74. The highest BCUT2D eigenvalue weighted by molar-refractivity contribution is 8.24. The van der Waals surface area contributed by atoms with Crippen LogP contribution in [0.4, 0.5) is 0 Å². The van der Waals surface area contributed by atoms with Gasteiger partial charge in [0.2, 0.25) is 0 Å². The van der Waals surface area contributed by atoms with Crippen molar-refractivity contribution < 1.29 is 13.9 Å². The third kappa shape index (κ3) is 2.98. The lowest BCUT2D eigenvalue weighted by molar-refractivity contribution is 0.0938. The van der Waals surface area contributed by atoms with E-state index in [2.05, 4.69) is 5.32 Å². The summed E-state index contributed by atoms with van der Waals surface area (Å²) in [5.41, 5.74) is 6.31. The van der Waals surface area contributed by atoms with Gasteiger partial charge >= 0.3 is 0 Å². The van der Waals surface area contributed by atoms with Gasteiger partial charge in [0.1, 0.15) is 0 Å². The molecule has 5 nitrogen and oxygen atoms in total. The van der Waals surface area contributed by atoms with E-state index in [4.69, 9.17) is 5.73 Å². The molecule has 0 spiro atoms. The highest BCUT2D eigenvalue weighted by Crippen LogP contribution is 2.45. The molecule has 0 radical (unpaired) electrons. The zero-order chi connectivity index (χ0) is 12.5. The predicted molar refractivity (Wildman–Crippen MR) is 68.3 cm³/mol. The molecule has 1 aromatic carbocycles. The highest BCUT2D eigenvalue weighted by atomic mass is 32.3. The van der Waals surface area contributed by atoms with Crippen molar-refractivity contribution in [1.29, 1.82) is 0 Å². The summed E-state index contributed by atoms with van der Waals surface area (Å²) in [4.78, 5) is 11.8. The van der Waals surface area contributed by atoms with Gasteiger partial charge in [0.25, 0.3) is 5.91 Å². The normalized spacial score (nSPS) is 28.6. The molecule has 2 atom stereocenters. The summed E-state index contributed by atoms with van der Waals surface area (Å²) < 4.78 is 19.1. The number of benzene rings is 1. The van der Waals surface area contributed by atoms with Gasteiger partial charge in [-0.15, -0.1) is 0 Å². The quantitative estimate of drug-likeness (QED) is 0.631. The molecule has 0 saturated carbocycles. The first-order valence-corrected chi connectivity index (χ1v) is 7.21. The van der Waals surface area contributed by atoms with Crippen LogP contribution < -0.4 is 11.1 Å². The molecule has 1 amide bonds. The summed E-state index contributed by atoms with van der Waals surface area (Å²) in [7, 11) is -2.61. The maximum Gasteiger partial charge on any atom is 0.251 e. The standard InChI is InChI=1S/C11H16N2O3S/c12-9-6-17(15,16)7-10(9)13-11(14)8-4-2-1-3-5-8/h1-5,9-10,15-16H,6-7,12H2,(H,13,14)/t9-,10-/m0/s1. The molecular formula is C11H16N2O3S. The molecular weight excluding hydrogens is 240 g/mol. The largest absolute Gasteiger partial charge is 0.346 e. The van der Waals surface area contributed by atoms with Crippen LogP contribution >= 0.6 is 10.6 Å². The lowest BCUT2D eigenvalue weighted by Crippen LogP contribution is -2.46. The molecule has 1 fully saturated rings. The Balaban J connectivity index is 2.01. The summed E-state index contributed by atoms with van der Waals surface area (Å²) in [6.45, 7) is 0. The van der Waals surface area contributed by atoms with E-state index in [9.17, 15) is 13.9 Å². The maximum atomic E-state index is 11.8. The van der Waals surface area contributed by atoms with Crippen LogP contribution in [-0.4, -0.2) is 38.6 Å². The van der Waals surface area contributed by atoms with Crippen molar-refractivity contribution >= 4 is 16.5 Å². The molecule has 1 aromatic rings. The van der Waals surface area contributed by atoms with Crippen LogP contribution in [0.2, 0.25) is 0 Å². The molecule has 0 aromatic heterocycles. The van der Waals surface area contributed by atoms with Gasteiger partial charge in [-0.3, -0.25) is 13.9 Å². The monoisotopic (exact) mass is 256 g/mol. The maximum absolute atomic E-state index is 11.8. The lowest BCUT2D eigenvalue weighted by atomic mass is 10.1. The fraction of sp³-hybridized carbons (Fsp3) is 0.364. The number of nitrogens with two attached hydrogens (primary N) is 1. The summed E-state index contributed by atoms with van der Waals surface area (Å²) in [6.07, 6.45) is 0. The first-order chi connectivity index (χ1) is 7.98. The Hall–Kier alpha value is -1.08. The second-order valence-corrected chi connectivity index (χ2v) is 6.52. The average molecular weight is 256 g/mol. The molecule has 1 heterocycles. The first-order valence-electron chi connectivity index (χ1n) is 5.33. The number of carbonyl (C=O) groups is 1. The number of rotatable bonds is 2. The van der Waals surface area contributed by atoms with Gasteiger partial charge in [0.15, 0.2) is 0 Å². The second kappa shape index (κ2) is 4.66. The van der Waals surface area contributed by atoms with Crippen LogP contribution in [0.25, 0.3) is 0 Å². The second-order valence-electron chi connectivity index (χ2n) is 4.25. The number of hydrogen-bond donors (Lipinski definition) is 4.